The first-order valence-electron chi connectivity index (χ1n) is 12.2. The third kappa shape index (κ3) is 5.34. The zero-order chi connectivity index (χ0) is 22.6. The van der Waals surface area contributed by atoms with Crippen LogP contribution in [0.25, 0.3) is 0 Å². The van der Waals surface area contributed by atoms with Gasteiger partial charge in [-0.05, 0) is 62.3 Å². The molecule has 176 valence electrons. The quantitative estimate of drug-likeness (QED) is 0.681. The normalized spacial score (nSPS) is 21.5. The van der Waals surface area contributed by atoms with E-state index in [2.05, 4.69) is 5.32 Å². The second-order valence-corrected chi connectivity index (χ2v) is 11.3. The molecule has 2 fully saturated rings. The van der Waals surface area contributed by atoms with Gasteiger partial charge in [-0.2, -0.15) is 4.31 Å². The highest BCUT2D eigenvalue weighted by atomic mass is 32.2. The van der Waals surface area contributed by atoms with Crippen LogP contribution in [-0.2, 0) is 26.0 Å². The van der Waals surface area contributed by atoms with E-state index in [4.69, 9.17) is 0 Å². The average Bonchev–Trinajstić information content (AvgIpc) is 3.13. The third-order valence-electron chi connectivity index (χ3n) is 6.95. The number of fused-ring (bicyclic) bond motifs is 1. The Morgan fingerprint density at radius 1 is 0.938 bits per heavy atom. The number of amides is 2. The summed E-state index contributed by atoms with van der Waals surface area (Å²) < 4.78 is 27.8. The molecule has 8 heteroatoms. The molecule has 0 radical (unpaired) electrons. The van der Waals surface area contributed by atoms with Crippen LogP contribution >= 0.6 is 0 Å². The van der Waals surface area contributed by atoms with Crippen molar-refractivity contribution in [3.63, 3.8) is 0 Å². The number of hydrogen-bond acceptors (Lipinski definition) is 4. The molecule has 7 nitrogen and oxygen atoms in total. The summed E-state index contributed by atoms with van der Waals surface area (Å²) in [7, 11) is -3.53. The minimum Gasteiger partial charge on any atom is -0.352 e. The van der Waals surface area contributed by atoms with E-state index in [1.165, 1.54) is 12.8 Å². The summed E-state index contributed by atoms with van der Waals surface area (Å²) in [6.07, 6.45) is 11.2. The predicted molar refractivity (Wildman–Crippen MR) is 124 cm³/mol. The van der Waals surface area contributed by atoms with Crippen LogP contribution in [0.15, 0.2) is 23.1 Å². The summed E-state index contributed by atoms with van der Waals surface area (Å²) in [4.78, 5) is 27.4. The van der Waals surface area contributed by atoms with Gasteiger partial charge in [-0.25, -0.2) is 8.42 Å². The highest BCUT2D eigenvalue weighted by Gasteiger charge is 2.30. The molecule has 1 saturated heterocycles. The largest absolute Gasteiger partial charge is 0.352 e. The highest BCUT2D eigenvalue weighted by Crippen LogP contribution is 2.31. The second kappa shape index (κ2) is 10.3. The Morgan fingerprint density at radius 3 is 2.34 bits per heavy atom. The number of aryl methyl sites for hydroxylation is 1. The molecule has 2 heterocycles. The monoisotopic (exact) mass is 461 g/mol. The van der Waals surface area contributed by atoms with Crippen molar-refractivity contribution in [1.82, 2.24) is 9.62 Å². The van der Waals surface area contributed by atoms with Crippen LogP contribution in [0.5, 0.6) is 0 Å². The van der Waals surface area contributed by atoms with Crippen molar-refractivity contribution in [2.45, 2.75) is 88.0 Å². The Balaban J connectivity index is 1.52. The smallest absolute Gasteiger partial charge is 0.243 e. The number of rotatable bonds is 5. The van der Waals surface area contributed by atoms with Gasteiger partial charge in [0.1, 0.15) is 6.54 Å². The van der Waals surface area contributed by atoms with E-state index in [1.54, 1.807) is 27.4 Å². The molecular formula is C24H35N3O4S. The molecular weight excluding hydrogens is 426 g/mol. The lowest BCUT2D eigenvalue weighted by molar-refractivity contribution is -0.124. The molecule has 2 amide bonds. The lowest BCUT2D eigenvalue weighted by Crippen LogP contribution is -2.44. The molecule has 2 aliphatic heterocycles. The molecule has 3 aliphatic rings. The summed E-state index contributed by atoms with van der Waals surface area (Å²) in [5.74, 6) is -0.213. The Labute approximate surface area is 191 Å². The maximum atomic E-state index is 13.1. The maximum Gasteiger partial charge on any atom is 0.243 e. The Morgan fingerprint density at radius 2 is 1.62 bits per heavy atom. The SMILES string of the molecule is O=C(CN1C(=O)CCCc2cc(S(=O)(=O)N3CCCCC3)ccc21)NC1CCCCCC1. The lowest BCUT2D eigenvalue weighted by Gasteiger charge is -2.27. The fourth-order valence-electron chi connectivity index (χ4n) is 5.15. The summed E-state index contributed by atoms with van der Waals surface area (Å²) in [6, 6.07) is 5.21. The van der Waals surface area contributed by atoms with Gasteiger partial charge < -0.3 is 10.2 Å². The van der Waals surface area contributed by atoms with E-state index >= 15 is 0 Å². The molecule has 0 bridgehead atoms. The molecule has 1 N–H and O–H groups in total. The average molecular weight is 462 g/mol. The summed E-state index contributed by atoms with van der Waals surface area (Å²) in [6.45, 7) is 1.11. The standard InChI is InChI=1S/C24H35N3O4S/c28-23(25-20-10-4-1-2-5-11-20)18-27-22-14-13-21(17-19(22)9-8-12-24(27)29)32(30,31)26-15-6-3-7-16-26/h13-14,17,20H,1-12,15-16,18H2,(H,25,28). The number of piperidine rings is 1. The van der Waals surface area contributed by atoms with Crippen LogP contribution in [0.3, 0.4) is 0 Å². The first-order chi connectivity index (χ1) is 15.4. The van der Waals surface area contributed by atoms with Crippen LogP contribution in [0, 0.1) is 0 Å². The second-order valence-electron chi connectivity index (χ2n) is 9.34. The van der Waals surface area contributed by atoms with E-state index in [9.17, 15) is 18.0 Å². The molecule has 0 spiro atoms. The van der Waals surface area contributed by atoms with Crippen molar-refractivity contribution in [2.75, 3.05) is 24.5 Å². The van der Waals surface area contributed by atoms with Crippen molar-refractivity contribution in [3.8, 4) is 0 Å². The van der Waals surface area contributed by atoms with Crippen molar-refractivity contribution in [3.05, 3.63) is 23.8 Å². The van der Waals surface area contributed by atoms with Crippen molar-refractivity contribution < 1.29 is 18.0 Å². The van der Waals surface area contributed by atoms with Gasteiger partial charge in [-0.3, -0.25) is 9.59 Å². The highest BCUT2D eigenvalue weighted by molar-refractivity contribution is 7.89. The lowest BCUT2D eigenvalue weighted by atomic mass is 10.1. The first kappa shape index (κ1) is 23.2. The van der Waals surface area contributed by atoms with E-state index in [-0.39, 0.29) is 29.3 Å². The van der Waals surface area contributed by atoms with Gasteiger partial charge in [0.15, 0.2) is 0 Å². The van der Waals surface area contributed by atoms with Crippen LogP contribution in [0.4, 0.5) is 5.69 Å². The van der Waals surface area contributed by atoms with Crippen molar-refractivity contribution in [1.29, 1.82) is 0 Å². The molecule has 1 saturated carbocycles. The number of hydrogen-bond donors (Lipinski definition) is 1. The molecule has 0 aromatic heterocycles. The fourth-order valence-corrected chi connectivity index (χ4v) is 6.72. The summed E-state index contributed by atoms with van der Waals surface area (Å²) >= 11 is 0. The summed E-state index contributed by atoms with van der Waals surface area (Å²) in [5.41, 5.74) is 1.50. The van der Waals surface area contributed by atoms with Crippen LogP contribution < -0.4 is 10.2 Å². The Hall–Kier alpha value is -1.93. The van der Waals surface area contributed by atoms with E-state index < -0.39 is 10.0 Å². The molecule has 0 atom stereocenters. The van der Waals surface area contributed by atoms with Crippen LogP contribution in [0.1, 0.15) is 76.2 Å². The van der Waals surface area contributed by atoms with E-state index in [0.717, 1.165) is 50.5 Å². The maximum absolute atomic E-state index is 13.1. The van der Waals surface area contributed by atoms with E-state index in [0.29, 0.717) is 38.0 Å². The van der Waals surface area contributed by atoms with Gasteiger partial charge >= 0.3 is 0 Å². The van der Waals surface area contributed by atoms with Crippen LogP contribution in [-0.4, -0.2) is 50.2 Å². The van der Waals surface area contributed by atoms with Gasteiger partial charge in [0, 0.05) is 31.2 Å². The minimum atomic E-state index is -3.53. The number of nitrogens with zero attached hydrogens (tertiary/aromatic N) is 2. The molecule has 1 aromatic carbocycles. The molecule has 0 unspecified atom stereocenters. The Kier molecular flexibility index (Phi) is 7.51. The topological polar surface area (TPSA) is 86.8 Å². The number of carbonyl (C=O) groups is 2. The van der Waals surface area contributed by atoms with Gasteiger partial charge in [0.25, 0.3) is 0 Å². The number of sulfonamides is 1. The molecule has 1 aromatic rings. The Bertz CT molecular complexity index is 933. The molecule has 32 heavy (non-hydrogen) atoms. The number of benzene rings is 1. The van der Waals surface area contributed by atoms with Gasteiger partial charge in [-0.15, -0.1) is 0 Å². The van der Waals surface area contributed by atoms with Crippen molar-refractivity contribution >= 4 is 27.5 Å². The molecule has 4 rings (SSSR count). The number of carbonyl (C=O) groups excluding carboxylic acids is 2. The van der Waals surface area contributed by atoms with Gasteiger partial charge in [-0.1, -0.05) is 32.1 Å². The molecule has 1 aliphatic carbocycles. The minimum absolute atomic E-state index is 0.0133. The van der Waals surface area contributed by atoms with Gasteiger partial charge in [0.2, 0.25) is 21.8 Å². The van der Waals surface area contributed by atoms with E-state index in [1.807, 2.05) is 0 Å². The zero-order valence-electron chi connectivity index (χ0n) is 18.9. The van der Waals surface area contributed by atoms with Crippen molar-refractivity contribution in [2.24, 2.45) is 0 Å². The number of nitrogens with one attached hydrogen (secondary N) is 1. The zero-order valence-corrected chi connectivity index (χ0v) is 19.7. The summed E-state index contributed by atoms with van der Waals surface area (Å²) in [5, 5.41) is 3.12. The first-order valence-corrected chi connectivity index (χ1v) is 13.6. The predicted octanol–water partition coefficient (Wildman–Crippen LogP) is 3.37. The number of anilines is 1. The third-order valence-corrected chi connectivity index (χ3v) is 8.85. The fraction of sp³-hybridized carbons (Fsp3) is 0.667. The van der Waals surface area contributed by atoms with Crippen LogP contribution in [0.2, 0.25) is 0 Å². The van der Waals surface area contributed by atoms with Gasteiger partial charge in [0.05, 0.1) is 4.90 Å².